The molecule has 0 saturated carbocycles. The van der Waals surface area contributed by atoms with Crippen LogP contribution in [0.25, 0.3) is 6.08 Å². The van der Waals surface area contributed by atoms with Gasteiger partial charge in [-0.25, -0.2) is 0 Å². The van der Waals surface area contributed by atoms with Crippen LogP contribution in [0.2, 0.25) is 0 Å². The first-order valence-corrected chi connectivity index (χ1v) is 5.35. The summed E-state index contributed by atoms with van der Waals surface area (Å²) in [5.74, 6) is -0.0742. The van der Waals surface area contributed by atoms with E-state index in [4.69, 9.17) is 0 Å². The molecule has 0 amide bonds. The van der Waals surface area contributed by atoms with Gasteiger partial charge in [-0.05, 0) is 25.0 Å². The van der Waals surface area contributed by atoms with Crippen LogP contribution in [0, 0.1) is 29.9 Å². The van der Waals surface area contributed by atoms with E-state index in [1.54, 1.807) is 6.08 Å². The van der Waals surface area contributed by atoms with Crippen LogP contribution in [0.4, 0.5) is 0 Å². The first-order chi connectivity index (χ1) is 7.41. The molecule has 0 aliphatic carbocycles. The van der Waals surface area contributed by atoms with Crippen molar-refractivity contribution in [2.45, 2.75) is 27.7 Å². The standard InChI is InChI=1S/C13H17NO2/c1-9(2)13(14(15)16)8-12-7-10(3)5-6-11(12)4/h5-9H,1-4H3/b13-8-. The molecule has 1 aromatic rings. The molecule has 1 aromatic carbocycles. The minimum absolute atomic E-state index is 0.0742. The number of allylic oxidation sites excluding steroid dienone is 1. The summed E-state index contributed by atoms with van der Waals surface area (Å²) in [6.45, 7) is 7.61. The van der Waals surface area contributed by atoms with Gasteiger partial charge in [0.05, 0.1) is 4.92 Å². The number of nitro groups is 1. The molecule has 0 atom stereocenters. The zero-order chi connectivity index (χ0) is 12.3. The van der Waals surface area contributed by atoms with Crippen LogP contribution in [0.3, 0.4) is 0 Å². The third-order valence-corrected chi connectivity index (χ3v) is 2.54. The molecule has 86 valence electrons. The zero-order valence-electron chi connectivity index (χ0n) is 10.2. The van der Waals surface area contributed by atoms with Gasteiger partial charge in [-0.15, -0.1) is 0 Å². The van der Waals surface area contributed by atoms with Crippen molar-refractivity contribution in [3.05, 3.63) is 50.7 Å². The van der Waals surface area contributed by atoms with Gasteiger partial charge in [-0.2, -0.15) is 0 Å². The Kier molecular flexibility index (Phi) is 3.82. The van der Waals surface area contributed by atoms with Gasteiger partial charge in [0, 0.05) is 12.0 Å². The summed E-state index contributed by atoms with van der Waals surface area (Å²) in [6.07, 6.45) is 1.67. The summed E-state index contributed by atoms with van der Waals surface area (Å²) >= 11 is 0. The van der Waals surface area contributed by atoms with Gasteiger partial charge >= 0.3 is 0 Å². The largest absolute Gasteiger partial charge is 0.259 e. The second-order valence-corrected chi connectivity index (χ2v) is 4.34. The molecule has 3 heteroatoms. The molecule has 0 heterocycles. The summed E-state index contributed by atoms with van der Waals surface area (Å²) < 4.78 is 0. The first kappa shape index (κ1) is 12.4. The van der Waals surface area contributed by atoms with Crippen LogP contribution in [-0.2, 0) is 0 Å². The molecule has 0 radical (unpaired) electrons. The summed E-state index contributed by atoms with van der Waals surface area (Å²) in [5, 5.41) is 10.9. The highest BCUT2D eigenvalue weighted by molar-refractivity contribution is 5.56. The average Bonchev–Trinajstić information content (AvgIpc) is 2.18. The van der Waals surface area contributed by atoms with Crippen LogP contribution in [-0.4, -0.2) is 4.92 Å². The third kappa shape index (κ3) is 2.92. The fourth-order valence-corrected chi connectivity index (χ4v) is 1.50. The van der Waals surface area contributed by atoms with E-state index in [0.717, 1.165) is 16.7 Å². The molecule has 3 nitrogen and oxygen atoms in total. The summed E-state index contributed by atoms with van der Waals surface area (Å²) in [6, 6.07) is 5.97. The molecule has 0 saturated heterocycles. The molecular weight excluding hydrogens is 202 g/mol. The van der Waals surface area contributed by atoms with E-state index in [1.165, 1.54) is 0 Å². The number of nitrogens with zero attached hydrogens (tertiary/aromatic N) is 1. The van der Waals surface area contributed by atoms with Gasteiger partial charge in [0.25, 0.3) is 0 Å². The molecule has 0 aromatic heterocycles. The Morgan fingerprint density at radius 1 is 1.38 bits per heavy atom. The molecule has 0 fully saturated rings. The fourth-order valence-electron chi connectivity index (χ4n) is 1.50. The maximum absolute atomic E-state index is 10.9. The highest BCUT2D eigenvalue weighted by Gasteiger charge is 2.15. The number of hydrogen-bond donors (Lipinski definition) is 0. The molecule has 16 heavy (non-hydrogen) atoms. The number of rotatable bonds is 3. The number of benzene rings is 1. The molecule has 0 aliphatic heterocycles. The van der Waals surface area contributed by atoms with Crippen LogP contribution in [0.5, 0.6) is 0 Å². The van der Waals surface area contributed by atoms with E-state index >= 15 is 0 Å². The van der Waals surface area contributed by atoms with Crippen molar-refractivity contribution in [3.8, 4) is 0 Å². The van der Waals surface area contributed by atoms with Gasteiger partial charge in [-0.3, -0.25) is 10.1 Å². The van der Waals surface area contributed by atoms with E-state index in [1.807, 2.05) is 45.9 Å². The maximum atomic E-state index is 10.9. The second kappa shape index (κ2) is 4.92. The topological polar surface area (TPSA) is 43.1 Å². The van der Waals surface area contributed by atoms with Crippen LogP contribution in [0.15, 0.2) is 23.9 Å². The summed E-state index contributed by atoms with van der Waals surface area (Å²) in [5.41, 5.74) is 3.36. The van der Waals surface area contributed by atoms with Crippen molar-refractivity contribution in [1.29, 1.82) is 0 Å². The molecule has 0 aliphatic rings. The lowest BCUT2D eigenvalue weighted by molar-refractivity contribution is -0.431. The van der Waals surface area contributed by atoms with Crippen LogP contribution in [0.1, 0.15) is 30.5 Å². The summed E-state index contributed by atoms with van der Waals surface area (Å²) in [7, 11) is 0. The van der Waals surface area contributed by atoms with Crippen molar-refractivity contribution in [2.24, 2.45) is 5.92 Å². The fraction of sp³-hybridized carbons (Fsp3) is 0.385. The van der Waals surface area contributed by atoms with E-state index in [2.05, 4.69) is 0 Å². The van der Waals surface area contributed by atoms with Gasteiger partial charge in [0.1, 0.15) is 0 Å². The molecule has 0 unspecified atom stereocenters. The lowest BCUT2D eigenvalue weighted by atomic mass is 10.0. The van der Waals surface area contributed by atoms with Crippen LogP contribution < -0.4 is 0 Å². The lowest BCUT2D eigenvalue weighted by Gasteiger charge is -2.05. The first-order valence-electron chi connectivity index (χ1n) is 5.35. The average molecular weight is 219 g/mol. The van der Waals surface area contributed by atoms with Gasteiger partial charge < -0.3 is 0 Å². The maximum Gasteiger partial charge on any atom is 0.249 e. The van der Waals surface area contributed by atoms with Crippen molar-refractivity contribution in [1.82, 2.24) is 0 Å². The number of hydrogen-bond acceptors (Lipinski definition) is 2. The molecule has 0 spiro atoms. The Morgan fingerprint density at radius 2 is 2.00 bits per heavy atom. The Hall–Kier alpha value is -1.64. The van der Waals surface area contributed by atoms with Crippen LogP contribution >= 0.6 is 0 Å². The number of aryl methyl sites for hydroxylation is 2. The monoisotopic (exact) mass is 219 g/mol. The molecule has 0 N–H and O–H groups in total. The SMILES string of the molecule is Cc1ccc(C)c(/C=C(/C(C)C)[N+](=O)[O-])c1. The lowest BCUT2D eigenvalue weighted by Crippen LogP contribution is -2.05. The van der Waals surface area contributed by atoms with Gasteiger partial charge in [0.15, 0.2) is 0 Å². The third-order valence-electron chi connectivity index (χ3n) is 2.54. The van der Waals surface area contributed by atoms with Gasteiger partial charge in [-0.1, -0.05) is 37.6 Å². The Balaban J connectivity index is 3.22. The van der Waals surface area contributed by atoms with E-state index in [9.17, 15) is 10.1 Å². The normalized spacial score (nSPS) is 11.9. The molecule has 0 bridgehead atoms. The highest BCUT2D eigenvalue weighted by atomic mass is 16.6. The van der Waals surface area contributed by atoms with E-state index in [0.29, 0.717) is 0 Å². The minimum Gasteiger partial charge on any atom is -0.259 e. The predicted octanol–water partition coefficient (Wildman–Crippen LogP) is 3.58. The quantitative estimate of drug-likeness (QED) is 0.576. The molecule has 1 rings (SSSR count). The highest BCUT2D eigenvalue weighted by Crippen LogP contribution is 2.19. The Bertz CT molecular complexity index is 434. The predicted molar refractivity (Wildman–Crippen MR) is 65.7 cm³/mol. The van der Waals surface area contributed by atoms with E-state index < -0.39 is 0 Å². The second-order valence-electron chi connectivity index (χ2n) is 4.34. The zero-order valence-corrected chi connectivity index (χ0v) is 10.2. The molecular formula is C13H17NO2. The van der Waals surface area contributed by atoms with Crippen molar-refractivity contribution in [2.75, 3.05) is 0 Å². The minimum atomic E-state index is -0.299. The van der Waals surface area contributed by atoms with Gasteiger partial charge in [0.2, 0.25) is 5.70 Å². The smallest absolute Gasteiger partial charge is 0.249 e. The van der Waals surface area contributed by atoms with Crippen molar-refractivity contribution < 1.29 is 4.92 Å². The Morgan fingerprint density at radius 3 is 2.50 bits per heavy atom. The Labute approximate surface area is 95.9 Å². The van der Waals surface area contributed by atoms with Crippen molar-refractivity contribution >= 4 is 6.08 Å². The summed E-state index contributed by atoms with van der Waals surface area (Å²) in [4.78, 5) is 10.6. The van der Waals surface area contributed by atoms with Crippen molar-refractivity contribution in [3.63, 3.8) is 0 Å². The van der Waals surface area contributed by atoms with E-state index in [-0.39, 0.29) is 16.5 Å².